The van der Waals surface area contributed by atoms with Crippen LogP contribution in [0.25, 0.3) is 0 Å². The monoisotopic (exact) mass is 264 g/mol. The molecule has 2 aliphatic rings. The Kier molecular flexibility index (Phi) is 3.66. The molecular formula is C14H20N2OS. The van der Waals surface area contributed by atoms with Crippen LogP contribution in [0.5, 0.6) is 0 Å². The van der Waals surface area contributed by atoms with Crippen molar-refractivity contribution in [3.8, 4) is 0 Å². The molecule has 1 aliphatic carbocycles. The fraction of sp³-hybridized carbons (Fsp3) is 0.643. The Morgan fingerprint density at radius 1 is 1.44 bits per heavy atom. The zero-order valence-electron chi connectivity index (χ0n) is 10.6. The second kappa shape index (κ2) is 5.41. The third-order valence-electron chi connectivity index (χ3n) is 3.93. The van der Waals surface area contributed by atoms with Gasteiger partial charge in [-0.2, -0.15) is 0 Å². The van der Waals surface area contributed by atoms with E-state index in [1.165, 1.54) is 36.1 Å². The van der Waals surface area contributed by atoms with Gasteiger partial charge in [0.05, 0.1) is 4.88 Å². The molecule has 0 aromatic carbocycles. The van der Waals surface area contributed by atoms with Gasteiger partial charge >= 0.3 is 0 Å². The smallest absolute Gasteiger partial charge is 0.261 e. The minimum Gasteiger partial charge on any atom is -0.351 e. The first-order chi connectivity index (χ1) is 8.83. The molecule has 1 atom stereocenters. The Bertz CT molecular complexity index is 412. The fourth-order valence-corrected chi connectivity index (χ4v) is 3.99. The van der Waals surface area contributed by atoms with Crippen molar-refractivity contribution in [2.75, 3.05) is 19.6 Å². The van der Waals surface area contributed by atoms with Gasteiger partial charge in [-0.1, -0.05) is 0 Å². The Morgan fingerprint density at radius 3 is 3.11 bits per heavy atom. The van der Waals surface area contributed by atoms with Gasteiger partial charge in [0, 0.05) is 11.4 Å². The Labute approximate surface area is 112 Å². The van der Waals surface area contributed by atoms with Gasteiger partial charge in [-0.25, -0.2) is 0 Å². The second-order valence-corrected chi connectivity index (χ2v) is 6.47. The lowest BCUT2D eigenvalue weighted by atomic mass is 9.99. The third-order valence-corrected chi connectivity index (χ3v) is 5.17. The van der Waals surface area contributed by atoms with Crippen molar-refractivity contribution in [2.24, 2.45) is 5.92 Å². The normalized spacial score (nSPS) is 22.8. The summed E-state index contributed by atoms with van der Waals surface area (Å²) in [5.41, 5.74) is 1.42. The van der Waals surface area contributed by atoms with E-state index in [2.05, 4.69) is 16.7 Å². The molecule has 4 heteroatoms. The number of hydrogen-bond donors (Lipinski definition) is 2. The van der Waals surface area contributed by atoms with E-state index in [4.69, 9.17) is 0 Å². The fourth-order valence-electron chi connectivity index (χ4n) is 2.82. The number of aryl methyl sites for hydroxylation is 2. The molecule has 18 heavy (non-hydrogen) atoms. The molecule has 1 aliphatic heterocycles. The van der Waals surface area contributed by atoms with Crippen molar-refractivity contribution in [1.82, 2.24) is 10.6 Å². The molecule has 0 radical (unpaired) electrons. The van der Waals surface area contributed by atoms with Crippen LogP contribution < -0.4 is 10.6 Å². The lowest BCUT2D eigenvalue weighted by Gasteiger charge is -2.08. The Balaban J connectivity index is 1.59. The number of rotatable bonds is 3. The lowest BCUT2D eigenvalue weighted by molar-refractivity contribution is 0.0952. The molecule has 1 fully saturated rings. The highest BCUT2D eigenvalue weighted by Crippen LogP contribution is 2.29. The molecule has 3 nitrogen and oxygen atoms in total. The van der Waals surface area contributed by atoms with E-state index in [1.54, 1.807) is 11.3 Å². The maximum absolute atomic E-state index is 12.1. The first-order valence-corrected chi connectivity index (χ1v) is 7.75. The van der Waals surface area contributed by atoms with E-state index in [1.807, 2.05) is 0 Å². The van der Waals surface area contributed by atoms with Crippen molar-refractivity contribution in [2.45, 2.75) is 32.1 Å². The van der Waals surface area contributed by atoms with Crippen molar-refractivity contribution in [1.29, 1.82) is 0 Å². The van der Waals surface area contributed by atoms with Crippen LogP contribution in [0, 0.1) is 5.92 Å². The minimum atomic E-state index is 0.126. The average Bonchev–Trinajstić information content (AvgIpc) is 3.04. The number of fused-ring (bicyclic) bond motifs is 1. The molecule has 0 spiro atoms. The first-order valence-electron chi connectivity index (χ1n) is 6.93. The number of nitrogens with one attached hydrogen (secondary N) is 2. The molecule has 2 heterocycles. The molecule has 2 N–H and O–H groups in total. The van der Waals surface area contributed by atoms with Gasteiger partial charge in [0.2, 0.25) is 0 Å². The number of amides is 1. The highest BCUT2D eigenvalue weighted by atomic mass is 32.1. The highest BCUT2D eigenvalue weighted by Gasteiger charge is 2.19. The largest absolute Gasteiger partial charge is 0.351 e. The molecule has 1 aromatic heterocycles. The summed E-state index contributed by atoms with van der Waals surface area (Å²) in [6, 6.07) is 2.11. The van der Waals surface area contributed by atoms with Gasteiger partial charge in [-0.15, -0.1) is 11.3 Å². The standard InChI is InChI=1S/C14H20N2OS/c17-14(16-9-10-5-6-15-8-10)13-7-11-3-1-2-4-12(11)18-13/h7,10,15H,1-6,8-9H2,(H,16,17). The molecule has 1 amide bonds. The summed E-state index contributed by atoms with van der Waals surface area (Å²) >= 11 is 1.70. The van der Waals surface area contributed by atoms with Crippen LogP contribution in [-0.4, -0.2) is 25.5 Å². The van der Waals surface area contributed by atoms with Crippen molar-refractivity contribution < 1.29 is 4.79 Å². The van der Waals surface area contributed by atoms with E-state index in [9.17, 15) is 4.79 Å². The van der Waals surface area contributed by atoms with Gasteiger partial charge in [0.25, 0.3) is 5.91 Å². The van der Waals surface area contributed by atoms with Crippen LogP contribution in [-0.2, 0) is 12.8 Å². The SMILES string of the molecule is O=C(NCC1CCNC1)c1cc2c(s1)CCCC2. The quantitative estimate of drug-likeness (QED) is 0.876. The lowest BCUT2D eigenvalue weighted by Crippen LogP contribution is -2.29. The van der Waals surface area contributed by atoms with Gasteiger partial charge in [0.1, 0.15) is 0 Å². The summed E-state index contributed by atoms with van der Waals surface area (Å²) in [7, 11) is 0. The number of hydrogen-bond acceptors (Lipinski definition) is 3. The van der Waals surface area contributed by atoms with Crippen LogP contribution in [0.2, 0.25) is 0 Å². The predicted molar refractivity (Wildman–Crippen MR) is 74.3 cm³/mol. The summed E-state index contributed by atoms with van der Waals surface area (Å²) in [5.74, 6) is 0.741. The van der Waals surface area contributed by atoms with Gasteiger partial charge in [-0.3, -0.25) is 4.79 Å². The second-order valence-electron chi connectivity index (χ2n) is 5.34. The maximum atomic E-state index is 12.1. The molecule has 1 aromatic rings. The zero-order valence-corrected chi connectivity index (χ0v) is 11.4. The highest BCUT2D eigenvalue weighted by molar-refractivity contribution is 7.14. The Hall–Kier alpha value is -0.870. The molecule has 1 saturated heterocycles. The summed E-state index contributed by atoms with van der Waals surface area (Å²) in [6.45, 7) is 2.95. The van der Waals surface area contributed by atoms with E-state index in [0.717, 1.165) is 30.9 Å². The van der Waals surface area contributed by atoms with E-state index in [0.29, 0.717) is 5.92 Å². The van der Waals surface area contributed by atoms with E-state index in [-0.39, 0.29) is 5.91 Å². The Morgan fingerprint density at radius 2 is 2.33 bits per heavy atom. The third kappa shape index (κ3) is 2.59. The van der Waals surface area contributed by atoms with Crippen molar-refractivity contribution >= 4 is 17.2 Å². The van der Waals surface area contributed by atoms with Crippen LogP contribution in [0.1, 0.15) is 39.4 Å². The number of thiophene rings is 1. The molecule has 0 bridgehead atoms. The van der Waals surface area contributed by atoms with Crippen LogP contribution in [0.4, 0.5) is 0 Å². The number of carbonyl (C=O) groups excluding carboxylic acids is 1. The first kappa shape index (κ1) is 12.2. The topological polar surface area (TPSA) is 41.1 Å². The minimum absolute atomic E-state index is 0.126. The number of carbonyl (C=O) groups is 1. The summed E-state index contributed by atoms with van der Waals surface area (Å²) in [4.78, 5) is 14.4. The van der Waals surface area contributed by atoms with Crippen LogP contribution in [0.15, 0.2) is 6.07 Å². The molecule has 0 saturated carbocycles. The molecule has 98 valence electrons. The average molecular weight is 264 g/mol. The van der Waals surface area contributed by atoms with Crippen molar-refractivity contribution in [3.05, 3.63) is 21.4 Å². The van der Waals surface area contributed by atoms with Crippen LogP contribution in [0.3, 0.4) is 0 Å². The molecular weight excluding hydrogens is 244 g/mol. The molecule has 3 rings (SSSR count). The van der Waals surface area contributed by atoms with E-state index >= 15 is 0 Å². The van der Waals surface area contributed by atoms with Gasteiger partial charge in [-0.05, 0) is 62.7 Å². The zero-order chi connectivity index (χ0) is 12.4. The van der Waals surface area contributed by atoms with Gasteiger partial charge in [0.15, 0.2) is 0 Å². The van der Waals surface area contributed by atoms with E-state index < -0.39 is 0 Å². The maximum Gasteiger partial charge on any atom is 0.261 e. The summed E-state index contributed by atoms with van der Waals surface area (Å²) < 4.78 is 0. The summed E-state index contributed by atoms with van der Waals surface area (Å²) in [6.07, 6.45) is 6.06. The van der Waals surface area contributed by atoms with Crippen molar-refractivity contribution in [3.63, 3.8) is 0 Å². The molecule has 1 unspecified atom stereocenters. The predicted octanol–water partition coefficient (Wildman–Crippen LogP) is 1.97. The van der Waals surface area contributed by atoms with Gasteiger partial charge < -0.3 is 10.6 Å². The summed E-state index contributed by atoms with van der Waals surface area (Å²) in [5, 5.41) is 6.41. The van der Waals surface area contributed by atoms with Crippen LogP contribution >= 0.6 is 11.3 Å².